The highest BCUT2D eigenvalue weighted by Crippen LogP contribution is 2.33. The third kappa shape index (κ3) is 4.70. The molecule has 1 aromatic carbocycles. The molecule has 1 amide bonds. The summed E-state index contributed by atoms with van der Waals surface area (Å²) in [6, 6.07) is 9.11. The number of likely N-dealkylation sites (N-methyl/N-ethyl adjacent to an activating group) is 1. The molecular weight excluding hydrogens is 305 g/mol. The van der Waals surface area contributed by atoms with Crippen molar-refractivity contribution in [1.82, 2.24) is 9.80 Å². The fourth-order valence-corrected chi connectivity index (χ4v) is 2.98. The number of nitrogens with zero attached hydrogens (tertiary/aromatic N) is 2. The van der Waals surface area contributed by atoms with Crippen LogP contribution in [-0.4, -0.2) is 55.1 Å². The van der Waals surface area contributed by atoms with Crippen LogP contribution in [-0.2, 0) is 11.2 Å². The molecule has 1 aliphatic heterocycles. The molecule has 0 saturated carbocycles. The molecular formula is C17H23F3N2O. The van der Waals surface area contributed by atoms with E-state index >= 15 is 0 Å². The van der Waals surface area contributed by atoms with E-state index in [1.54, 1.807) is 19.0 Å². The van der Waals surface area contributed by atoms with Gasteiger partial charge in [-0.1, -0.05) is 30.3 Å². The second-order valence-corrected chi connectivity index (χ2v) is 6.33. The highest BCUT2D eigenvalue weighted by molar-refractivity contribution is 5.82. The van der Waals surface area contributed by atoms with Crippen LogP contribution < -0.4 is 0 Å². The summed E-state index contributed by atoms with van der Waals surface area (Å²) in [5, 5.41) is 0. The van der Waals surface area contributed by atoms with Crippen LogP contribution in [0, 0.1) is 5.92 Å². The number of halogens is 3. The van der Waals surface area contributed by atoms with E-state index in [-0.39, 0.29) is 18.9 Å². The number of hydrogen-bond donors (Lipinski definition) is 0. The van der Waals surface area contributed by atoms with Crippen LogP contribution in [0.15, 0.2) is 30.3 Å². The number of rotatable bonds is 4. The molecule has 1 saturated heterocycles. The number of piperidine rings is 1. The van der Waals surface area contributed by atoms with Gasteiger partial charge in [0.05, 0.1) is 12.0 Å². The summed E-state index contributed by atoms with van der Waals surface area (Å²) in [4.78, 5) is 15.9. The van der Waals surface area contributed by atoms with Gasteiger partial charge < -0.3 is 4.90 Å². The molecule has 0 aliphatic carbocycles. The van der Waals surface area contributed by atoms with Gasteiger partial charge in [0.1, 0.15) is 0 Å². The minimum Gasteiger partial charge on any atom is -0.341 e. The third-order valence-electron chi connectivity index (χ3n) is 4.38. The molecule has 1 aliphatic rings. The Balaban J connectivity index is 2.08. The number of carbonyl (C=O) groups is 1. The Bertz CT molecular complexity index is 516. The van der Waals surface area contributed by atoms with Crippen molar-refractivity contribution in [2.24, 2.45) is 5.92 Å². The van der Waals surface area contributed by atoms with Gasteiger partial charge in [-0.25, -0.2) is 0 Å². The van der Waals surface area contributed by atoms with Gasteiger partial charge in [-0.3, -0.25) is 9.69 Å². The molecule has 3 nitrogen and oxygen atoms in total. The lowest BCUT2D eigenvalue weighted by Gasteiger charge is -2.37. The SMILES string of the molecule is CN(C)C(Cc1ccccc1)C(=O)N1CCCC(C(F)(F)F)C1. The number of hydrogen-bond acceptors (Lipinski definition) is 2. The Morgan fingerprint density at radius 3 is 2.52 bits per heavy atom. The largest absolute Gasteiger partial charge is 0.393 e. The van der Waals surface area contributed by atoms with Crippen LogP contribution in [0.5, 0.6) is 0 Å². The molecule has 0 spiro atoms. The first-order valence-corrected chi connectivity index (χ1v) is 7.85. The van der Waals surface area contributed by atoms with Crippen molar-refractivity contribution < 1.29 is 18.0 Å². The zero-order valence-corrected chi connectivity index (χ0v) is 13.5. The van der Waals surface area contributed by atoms with E-state index < -0.39 is 18.1 Å². The quantitative estimate of drug-likeness (QED) is 0.848. The average Bonchev–Trinajstić information content (AvgIpc) is 2.52. The van der Waals surface area contributed by atoms with Gasteiger partial charge in [0, 0.05) is 13.1 Å². The normalized spacial score (nSPS) is 20.6. The number of carbonyl (C=O) groups excluding carboxylic acids is 1. The molecule has 0 radical (unpaired) electrons. The molecule has 1 heterocycles. The first-order chi connectivity index (χ1) is 10.8. The maximum Gasteiger partial charge on any atom is 0.393 e. The van der Waals surface area contributed by atoms with E-state index in [1.165, 1.54) is 4.90 Å². The summed E-state index contributed by atoms with van der Waals surface area (Å²) < 4.78 is 38.8. The molecule has 0 aromatic heterocycles. The van der Waals surface area contributed by atoms with E-state index in [4.69, 9.17) is 0 Å². The van der Waals surface area contributed by atoms with Gasteiger partial charge in [-0.2, -0.15) is 13.2 Å². The van der Waals surface area contributed by atoms with Crippen molar-refractivity contribution in [2.75, 3.05) is 27.2 Å². The highest BCUT2D eigenvalue weighted by Gasteiger charge is 2.43. The first-order valence-electron chi connectivity index (χ1n) is 7.85. The lowest BCUT2D eigenvalue weighted by atomic mass is 9.96. The molecule has 2 atom stereocenters. The molecule has 1 aromatic rings. The number of likely N-dealkylation sites (tertiary alicyclic amines) is 1. The molecule has 23 heavy (non-hydrogen) atoms. The summed E-state index contributed by atoms with van der Waals surface area (Å²) in [5.41, 5.74) is 1.00. The molecule has 0 bridgehead atoms. The molecule has 6 heteroatoms. The van der Waals surface area contributed by atoms with E-state index in [9.17, 15) is 18.0 Å². The van der Waals surface area contributed by atoms with Crippen molar-refractivity contribution in [3.8, 4) is 0 Å². The van der Waals surface area contributed by atoms with Gasteiger partial charge in [0.2, 0.25) is 5.91 Å². The van der Waals surface area contributed by atoms with Crippen molar-refractivity contribution in [2.45, 2.75) is 31.5 Å². The van der Waals surface area contributed by atoms with Crippen LogP contribution in [0.2, 0.25) is 0 Å². The summed E-state index contributed by atoms with van der Waals surface area (Å²) in [6.07, 6.45) is -3.22. The number of amides is 1. The Morgan fingerprint density at radius 2 is 1.96 bits per heavy atom. The minimum absolute atomic E-state index is 0.110. The molecule has 2 unspecified atom stereocenters. The van der Waals surface area contributed by atoms with Gasteiger partial charge in [0.25, 0.3) is 0 Å². The van der Waals surface area contributed by atoms with Gasteiger partial charge in [0.15, 0.2) is 0 Å². The average molecular weight is 328 g/mol. The molecule has 2 rings (SSSR count). The lowest BCUT2D eigenvalue weighted by Crippen LogP contribution is -2.52. The maximum absolute atomic E-state index is 12.9. The van der Waals surface area contributed by atoms with Crippen molar-refractivity contribution in [3.05, 3.63) is 35.9 Å². The number of alkyl halides is 3. The zero-order chi connectivity index (χ0) is 17.0. The van der Waals surface area contributed by atoms with Gasteiger partial charge in [-0.05, 0) is 38.9 Å². The summed E-state index contributed by atoms with van der Waals surface area (Å²) in [7, 11) is 3.58. The van der Waals surface area contributed by atoms with Crippen molar-refractivity contribution >= 4 is 5.91 Å². The Labute approximate surface area is 135 Å². The summed E-state index contributed by atoms with van der Waals surface area (Å²) in [5.74, 6) is -1.62. The Hall–Kier alpha value is -1.56. The minimum atomic E-state index is -4.23. The highest BCUT2D eigenvalue weighted by atomic mass is 19.4. The standard InChI is InChI=1S/C17H23F3N2O/c1-21(2)15(11-13-7-4-3-5-8-13)16(23)22-10-6-9-14(12-22)17(18,19)20/h3-5,7-8,14-15H,6,9-12H2,1-2H3. The summed E-state index contributed by atoms with van der Waals surface area (Å²) >= 11 is 0. The van der Waals surface area contributed by atoms with Gasteiger partial charge in [-0.15, -0.1) is 0 Å². The van der Waals surface area contributed by atoms with Crippen molar-refractivity contribution in [3.63, 3.8) is 0 Å². The zero-order valence-electron chi connectivity index (χ0n) is 13.5. The van der Waals surface area contributed by atoms with Crippen LogP contribution >= 0.6 is 0 Å². The molecule has 1 fully saturated rings. The second kappa shape index (κ2) is 7.34. The Morgan fingerprint density at radius 1 is 1.30 bits per heavy atom. The fraction of sp³-hybridized carbons (Fsp3) is 0.588. The Kier molecular flexibility index (Phi) is 5.68. The maximum atomic E-state index is 12.9. The van der Waals surface area contributed by atoms with Gasteiger partial charge >= 0.3 is 6.18 Å². The van der Waals surface area contributed by atoms with Crippen LogP contribution in [0.25, 0.3) is 0 Å². The first kappa shape index (κ1) is 17.8. The molecule has 0 N–H and O–H groups in total. The predicted octanol–water partition coefficient (Wildman–Crippen LogP) is 2.96. The second-order valence-electron chi connectivity index (χ2n) is 6.33. The predicted molar refractivity (Wildman–Crippen MR) is 83.0 cm³/mol. The smallest absolute Gasteiger partial charge is 0.341 e. The van der Waals surface area contributed by atoms with Crippen LogP contribution in [0.4, 0.5) is 13.2 Å². The number of benzene rings is 1. The van der Waals surface area contributed by atoms with Crippen LogP contribution in [0.1, 0.15) is 18.4 Å². The topological polar surface area (TPSA) is 23.6 Å². The van der Waals surface area contributed by atoms with E-state index in [0.717, 1.165) is 5.56 Å². The molecule has 128 valence electrons. The summed E-state index contributed by atoms with van der Waals surface area (Å²) in [6.45, 7) is 0.187. The third-order valence-corrected chi connectivity index (χ3v) is 4.38. The monoisotopic (exact) mass is 328 g/mol. The van der Waals surface area contributed by atoms with E-state index in [0.29, 0.717) is 19.4 Å². The van der Waals surface area contributed by atoms with Crippen molar-refractivity contribution in [1.29, 1.82) is 0 Å². The van der Waals surface area contributed by atoms with Crippen LogP contribution in [0.3, 0.4) is 0 Å². The lowest BCUT2D eigenvalue weighted by molar-refractivity contribution is -0.188. The van der Waals surface area contributed by atoms with E-state index in [1.807, 2.05) is 30.3 Å². The van der Waals surface area contributed by atoms with E-state index in [2.05, 4.69) is 0 Å². The fourth-order valence-electron chi connectivity index (χ4n) is 2.98.